The largest absolute Gasteiger partial charge is 0.555 e. The molecule has 1 aliphatic heterocycles. The monoisotopic (exact) mass is 392 g/mol. The summed E-state index contributed by atoms with van der Waals surface area (Å²) in [7, 11) is 0. The maximum atomic E-state index is 6.67. The highest BCUT2D eigenvalue weighted by molar-refractivity contribution is 8.04. The van der Waals surface area contributed by atoms with Crippen LogP contribution in [-0.4, -0.2) is 11.7 Å². The third kappa shape index (κ3) is 4.68. The molecule has 0 aromatic heterocycles. The molecule has 0 spiro atoms. The van der Waals surface area contributed by atoms with E-state index >= 15 is 0 Å². The number of hydrogen-bond acceptors (Lipinski definition) is 2. The zero-order valence-corrected chi connectivity index (χ0v) is 18.4. The van der Waals surface area contributed by atoms with Gasteiger partial charge in [0.2, 0.25) is 0 Å². The van der Waals surface area contributed by atoms with Gasteiger partial charge in [0.25, 0.3) is 0 Å². The summed E-state index contributed by atoms with van der Waals surface area (Å²) in [5.74, 6) is 0.839. The fourth-order valence-corrected chi connectivity index (χ4v) is 5.70. The molecule has 1 nitrogen and oxygen atoms in total. The van der Waals surface area contributed by atoms with E-state index in [0.29, 0.717) is 11.6 Å². The van der Waals surface area contributed by atoms with Crippen molar-refractivity contribution in [1.29, 1.82) is 0 Å². The second kappa shape index (κ2) is 9.74. The highest BCUT2D eigenvalue weighted by Gasteiger charge is 2.45. The van der Waals surface area contributed by atoms with Gasteiger partial charge < -0.3 is 4.65 Å². The molecule has 2 aromatic rings. The minimum absolute atomic E-state index is 0.146. The Morgan fingerprint density at radius 1 is 0.893 bits per heavy atom. The van der Waals surface area contributed by atoms with Crippen molar-refractivity contribution in [3.8, 4) is 0 Å². The molecule has 2 aromatic carbocycles. The Balaban J connectivity index is 1.83. The van der Waals surface area contributed by atoms with Gasteiger partial charge in [-0.15, -0.1) is 0 Å². The summed E-state index contributed by atoms with van der Waals surface area (Å²) in [4.78, 5) is 0. The average molecular weight is 392 g/mol. The Labute approximate surface area is 176 Å². The molecule has 0 N–H and O–H groups in total. The van der Waals surface area contributed by atoms with Gasteiger partial charge in [0.05, 0.1) is 0 Å². The molecule has 0 radical (unpaired) electrons. The summed E-state index contributed by atoms with van der Waals surface area (Å²) in [5, 5.41) is 0.888. The van der Waals surface area contributed by atoms with E-state index in [1.807, 2.05) is 11.8 Å². The van der Waals surface area contributed by atoms with Gasteiger partial charge >= 0.3 is 6.92 Å². The Hall–Kier alpha value is -1.61. The Kier molecular flexibility index (Phi) is 7.34. The van der Waals surface area contributed by atoms with Gasteiger partial charge in [-0.2, -0.15) is 0 Å². The van der Waals surface area contributed by atoms with E-state index in [9.17, 15) is 0 Å². The average Bonchev–Trinajstić information content (AvgIpc) is 3.16. The van der Waals surface area contributed by atoms with E-state index < -0.39 is 0 Å². The lowest BCUT2D eigenvalue weighted by Gasteiger charge is -2.32. The lowest BCUT2D eigenvalue weighted by molar-refractivity contribution is 0.453. The van der Waals surface area contributed by atoms with Crippen molar-refractivity contribution in [2.75, 3.05) is 0 Å². The van der Waals surface area contributed by atoms with Crippen molar-refractivity contribution in [3.05, 3.63) is 83.5 Å². The first kappa shape index (κ1) is 21.1. The van der Waals surface area contributed by atoms with Crippen LogP contribution in [-0.2, 0) is 4.65 Å². The third-order valence-corrected chi connectivity index (χ3v) is 8.19. The Morgan fingerprint density at radius 2 is 1.32 bits per heavy atom. The van der Waals surface area contributed by atoms with Crippen molar-refractivity contribution in [2.45, 2.75) is 69.3 Å². The second-order valence-corrected chi connectivity index (χ2v) is 9.44. The quantitative estimate of drug-likeness (QED) is 0.321. The molecule has 3 rings (SSSR count). The molecule has 0 amide bonds. The molecule has 0 saturated carbocycles. The van der Waals surface area contributed by atoms with Crippen molar-refractivity contribution < 1.29 is 4.65 Å². The lowest BCUT2D eigenvalue weighted by Crippen LogP contribution is -2.30. The van der Waals surface area contributed by atoms with Gasteiger partial charge in [-0.05, 0) is 43.2 Å². The van der Waals surface area contributed by atoms with Crippen LogP contribution >= 0.6 is 11.8 Å². The first-order valence-electron chi connectivity index (χ1n) is 10.8. The van der Waals surface area contributed by atoms with Gasteiger partial charge in [-0.25, -0.2) is 0 Å². The number of rotatable bonds is 9. The lowest BCUT2D eigenvalue weighted by atomic mass is 9.49. The predicted molar refractivity (Wildman–Crippen MR) is 125 cm³/mol. The minimum Gasteiger partial charge on any atom is -0.555 e. The smallest absolute Gasteiger partial charge is 0.373 e. The summed E-state index contributed by atoms with van der Waals surface area (Å²) in [6, 6.07) is 21.7. The van der Waals surface area contributed by atoms with Crippen LogP contribution in [0.1, 0.15) is 75.6 Å². The minimum atomic E-state index is 0.146. The van der Waals surface area contributed by atoms with E-state index in [2.05, 4.69) is 88.0 Å². The molecule has 0 aliphatic carbocycles. The molecule has 148 valence electrons. The van der Waals surface area contributed by atoms with E-state index in [1.54, 1.807) is 0 Å². The Morgan fingerprint density at radius 3 is 1.71 bits per heavy atom. The van der Waals surface area contributed by atoms with Crippen LogP contribution in [0.25, 0.3) is 0 Å². The van der Waals surface area contributed by atoms with E-state index in [-0.39, 0.29) is 11.7 Å². The van der Waals surface area contributed by atoms with Gasteiger partial charge in [-0.3, -0.25) is 0 Å². The van der Waals surface area contributed by atoms with Gasteiger partial charge in [-0.1, -0.05) is 99.8 Å². The molecule has 1 saturated heterocycles. The molecule has 1 aliphatic rings. The fraction of sp³-hybridized carbons (Fsp3) is 0.440. The molecule has 3 heteroatoms. The van der Waals surface area contributed by atoms with Crippen molar-refractivity contribution >= 4 is 18.7 Å². The molecule has 28 heavy (non-hydrogen) atoms. The fourth-order valence-electron chi connectivity index (χ4n) is 4.63. The number of benzene rings is 2. The molecule has 1 heterocycles. The van der Waals surface area contributed by atoms with Crippen LogP contribution in [0.5, 0.6) is 0 Å². The van der Waals surface area contributed by atoms with Crippen LogP contribution in [0.4, 0.5) is 0 Å². The van der Waals surface area contributed by atoms with E-state index in [4.69, 9.17) is 4.65 Å². The van der Waals surface area contributed by atoms with Crippen LogP contribution in [0.2, 0.25) is 0 Å². The van der Waals surface area contributed by atoms with Crippen LogP contribution in [0.3, 0.4) is 0 Å². The maximum Gasteiger partial charge on any atom is 0.373 e. The molecule has 0 bridgehead atoms. The standard InChI is InChI=1S/C25H33BOS/c1-5-25(6-2,7-3)28-20(4)27-26-23(21-14-10-8-11-15-21)18-19-24(26)22-16-12-9-13-17-22/h8-17,23-24H,4-7,18-19H2,1-3H3/t23-,24-/m1/s1. The summed E-state index contributed by atoms with van der Waals surface area (Å²) in [5.41, 5.74) is 2.77. The Bertz CT molecular complexity index is 686. The molecule has 2 atom stereocenters. The SMILES string of the molecule is C=C(OB1[C@@H](c2ccccc2)CC[C@@H]1c1ccccc1)SC(CC)(CC)CC. The van der Waals surface area contributed by atoms with E-state index in [1.165, 1.54) is 11.1 Å². The van der Waals surface area contributed by atoms with Gasteiger partial charge in [0.15, 0.2) is 0 Å². The molecular weight excluding hydrogens is 359 g/mol. The van der Waals surface area contributed by atoms with Crippen molar-refractivity contribution in [3.63, 3.8) is 0 Å². The first-order valence-corrected chi connectivity index (χ1v) is 11.6. The highest BCUT2D eigenvalue weighted by atomic mass is 32.2. The third-order valence-electron chi connectivity index (χ3n) is 6.57. The van der Waals surface area contributed by atoms with Crippen molar-refractivity contribution in [2.24, 2.45) is 0 Å². The van der Waals surface area contributed by atoms with Crippen molar-refractivity contribution in [1.82, 2.24) is 0 Å². The molecule has 1 fully saturated rings. The zero-order valence-electron chi connectivity index (χ0n) is 17.6. The van der Waals surface area contributed by atoms with Crippen LogP contribution in [0.15, 0.2) is 72.3 Å². The summed E-state index contributed by atoms with van der Waals surface area (Å²) in [6.07, 6.45) is 5.74. The van der Waals surface area contributed by atoms with Gasteiger partial charge in [0, 0.05) is 16.4 Å². The van der Waals surface area contributed by atoms with Crippen LogP contribution in [0, 0.1) is 0 Å². The zero-order chi connectivity index (χ0) is 20.0. The molecule has 0 unspecified atom stereocenters. The maximum absolute atomic E-state index is 6.67. The highest BCUT2D eigenvalue weighted by Crippen LogP contribution is 2.47. The summed E-state index contributed by atoms with van der Waals surface area (Å²) >= 11 is 1.86. The normalized spacial score (nSPS) is 19.6. The summed E-state index contributed by atoms with van der Waals surface area (Å²) < 4.78 is 6.91. The summed E-state index contributed by atoms with van der Waals surface area (Å²) in [6.45, 7) is 11.3. The first-order chi connectivity index (χ1) is 13.6. The predicted octanol–water partition coefficient (Wildman–Crippen LogP) is 7.61. The number of hydrogen-bond donors (Lipinski definition) is 0. The van der Waals surface area contributed by atoms with Gasteiger partial charge in [0.1, 0.15) is 5.09 Å². The molecular formula is C25H33BOS. The van der Waals surface area contributed by atoms with E-state index in [0.717, 1.165) is 37.2 Å². The van der Waals surface area contributed by atoms with Crippen LogP contribution < -0.4 is 0 Å². The number of thioether (sulfide) groups is 1. The topological polar surface area (TPSA) is 9.23 Å². The second-order valence-electron chi connectivity index (χ2n) is 7.91.